The van der Waals surface area contributed by atoms with Gasteiger partial charge in [0.2, 0.25) is 11.8 Å². The number of carbonyl (C=O) groups excluding carboxylic acids is 3. The van der Waals surface area contributed by atoms with Crippen LogP contribution < -0.4 is 19.9 Å². The number of aryl methyl sites for hydroxylation is 2. The molecule has 0 fully saturated rings. The summed E-state index contributed by atoms with van der Waals surface area (Å²) in [4.78, 5) is 46.3. The van der Waals surface area contributed by atoms with Gasteiger partial charge in [-0.05, 0) is 75.4 Å². The van der Waals surface area contributed by atoms with Crippen LogP contribution in [0.1, 0.15) is 48.7 Å². The summed E-state index contributed by atoms with van der Waals surface area (Å²) in [6.45, 7) is 6.53. The third-order valence-corrected chi connectivity index (χ3v) is 7.08. The van der Waals surface area contributed by atoms with Gasteiger partial charge < -0.3 is 19.9 Å². The molecule has 3 amide bonds. The topological polar surface area (TPSA) is 91.8 Å². The number of hydrogen-bond acceptors (Lipinski definition) is 5. The molecule has 1 aromatic heterocycles. The van der Waals surface area contributed by atoms with E-state index in [9.17, 15) is 14.4 Å². The zero-order valence-electron chi connectivity index (χ0n) is 23.1. The molecule has 2 heterocycles. The molecular formula is C31H36N4O4. The van der Waals surface area contributed by atoms with Gasteiger partial charge in [0.15, 0.2) is 0 Å². The third-order valence-electron chi connectivity index (χ3n) is 7.08. The summed E-state index contributed by atoms with van der Waals surface area (Å²) in [7, 11) is 1.68. The number of benzene rings is 2. The van der Waals surface area contributed by atoms with E-state index in [0.29, 0.717) is 48.8 Å². The molecule has 0 saturated heterocycles. The maximum absolute atomic E-state index is 13.0. The first-order chi connectivity index (χ1) is 18.7. The minimum Gasteiger partial charge on any atom is -0.493 e. The van der Waals surface area contributed by atoms with Gasteiger partial charge in [0.25, 0.3) is 5.91 Å². The van der Waals surface area contributed by atoms with E-state index in [2.05, 4.69) is 10.3 Å². The Morgan fingerprint density at radius 3 is 2.54 bits per heavy atom. The van der Waals surface area contributed by atoms with Crippen LogP contribution in [0.25, 0.3) is 0 Å². The Kier molecular flexibility index (Phi) is 8.64. The van der Waals surface area contributed by atoms with Crippen molar-refractivity contribution in [3.8, 4) is 5.75 Å². The van der Waals surface area contributed by atoms with Crippen molar-refractivity contribution >= 4 is 29.1 Å². The van der Waals surface area contributed by atoms with Crippen LogP contribution in [0.15, 0.2) is 67.0 Å². The fourth-order valence-electron chi connectivity index (χ4n) is 4.81. The molecule has 0 unspecified atom stereocenters. The Morgan fingerprint density at radius 1 is 1.00 bits per heavy atom. The number of hydrogen-bond donors (Lipinski definition) is 1. The Labute approximate surface area is 230 Å². The molecule has 4 rings (SSSR count). The summed E-state index contributed by atoms with van der Waals surface area (Å²) < 4.78 is 5.94. The van der Waals surface area contributed by atoms with Crippen molar-refractivity contribution in [2.45, 2.75) is 40.0 Å². The summed E-state index contributed by atoms with van der Waals surface area (Å²) in [6, 6.07) is 17.0. The van der Waals surface area contributed by atoms with Crippen molar-refractivity contribution in [3.05, 3.63) is 83.7 Å². The molecule has 0 aliphatic carbocycles. The molecule has 8 nitrogen and oxygen atoms in total. The number of ether oxygens (including phenoxy) is 1. The fraction of sp³-hybridized carbons (Fsp3) is 0.355. The number of amides is 3. The average Bonchev–Trinajstić information content (AvgIpc) is 3.00. The van der Waals surface area contributed by atoms with Crippen LogP contribution in [0, 0.1) is 5.41 Å². The minimum absolute atomic E-state index is 0.103. The van der Waals surface area contributed by atoms with Gasteiger partial charge in [-0.15, -0.1) is 0 Å². The standard InChI is InChI=1S/C31H36N4O4/c1-5-35-26-16-15-24(20-27(26)34(4)29(37)31(2,3)30(35)38)39-19-9-18-33-28(36)25-12-7-6-11-23(25)14-13-22-10-8-17-32-21-22/h6-8,10-12,15-17,20-21H,5,9,13-14,18-19H2,1-4H3,(H,33,36). The summed E-state index contributed by atoms with van der Waals surface area (Å²) in [5, 5.41) is 2.99. The molecule has 8 heteroatoms. The van der Waals surface area contributed by atoms with Crippen molar-refractivity contribution in [3.63, 3.8) is 0 Å². The molecule has 204 valence electrons. The number of carbonyl (C=O) groups is 3. The molecule has 0 radical (unpaired) electrons. The first-order valence-electron chi connectivity index (χ1n) is 13.4. The number of anilines is 2. The van der Waals surface area contributed by atoms with Gasteiger partial charge in [0.1, 0.15) is 11.2 Å². The normalized spacial score (nSPS) is 14.6. The lowest BCUT2D eigenvalue weighted by Crippen LogP contribution is -2.47. The van der Waals surface area contributed by atoms with Gasteiger partial charge in [-0.25, -0.2) is 0 Å². The lowest BCUT2D eigenvalue weighted by molar-refractivity contribution is -0.137. The predicted molar refractivity (Wildman–Crippen MR) is 152 cm³/mol. The molecule has 1 aliphatic rings. The Morgan fingerprint density at radius 2 is 1.79 bits per heavy atom. The molecule has 0 saturated carbocycles. The first-order valence-corrected chi connectivity index (χ1v) is 13.4. The Balaban J connectivity index is 1.32. The van der Waals surface area contributed by atoms with Crippen molar-refractivity contribution in [2.75, 3.05) is 36.5 Å². The maximum Gasteiger partial charge on any atom is 0.251 e. The van der Waals surface area contributed by atoms with E-state index in [1.54, 1.807) is 38.1 Å². The number of pyridine rings is 1. The van der Waals surface area contributed by atoms with Crippen LogP contribution in [-0.4, -0.2) is 49.4 Å². The monoisotopic (exact) mass is 528 g/mol. The zero-order chi connectivity index (χ0) is 28.0. The second kappa shape index (κ2) is 12.1. The second-order valence-electron chi connectivity index (χ2n) is 10.2. The minimum atomic E-state index is -1.15. The number of nitrogens with one attached hydrogen (secondary N) is 1. The summed E-state index contributed by atoms with van der Waals surface area (Å²) in [5.74, 6) is 0.0199. The molecule has 3 aromatic rings. The van der Waals surface area contributed by atoms with Crippen LogP contribution in [-0.2, 0) is 22.4 Å². The highest BCUT2D eigenvalue weighted by Crippen LogP contribution is 2.40. The smallest absolute Gasteiger partial charge is 0.251 e. The van der Waals surface area contributed by atoms with E-state index < -0.39 is 5.41 Å². The molecule has 1 N–H and O–H groups in total. The second-order valence-corrected chi connectivity index (χ2v) is 10.2. The van der Waals surface area contributed by atoms with Crippen molar-refractivity contribution < 1.29 is 19.1 Å². The summed E-state index contributed by atoms with van der Waals surface area (Å²) in [6.07, 6.45) is 5.79. The van der Waals surface area contributed by atoms with Gasteiger partial charge in [0, 0.05) is 44.2 Å². The van der Waals surface area contributed by atoms with Crippen molar-refractivity contribution in [1.29, 1.82) is 0 Å². The quantitative estimate of drug-likeness (QED) is 0.311. The van der Waals surface area contributed by atoms with Gasteiger partial charge in [-0.2, -0.15) is 0 Å². The van der Waals surface area contributed by atoms with Crippen LogP contribution in [0.4, 0.5) is 11.4 Å². The number of nitrogens with zero attached hydrogens (tertiary/aromatic N) is 3. The van der Waals surface area contributed by atoms with E-state index >= 15 is 0 Å². The molecule has 0 bridgehead atoms. The number of rotatable bonds is 10. The van der Waals surface area contributed by atoms with E-state index in [0.717, 1.165) is 24.0 Å². The van der Waals surface area contributed by atoms with Crippen LogP contribution >= 0.6 is 0 Å². The van der Waals surface area contributed by atoms with Gasteiger partial charge in [-0.1, -0.05) is 24.3 Å². The van der Waals surface area contributed by atoms with Crippen molar-refractivity contribution in [1.82, 2.24) is 10.3 Å². The van der Waals surface area contributed by atoms with Crippen molar-refractivity contribution in [2.24, 2.45) is 5.41 Å². The van der Waals surface area contributed by atoms with E-state index in [1.807, 2.05) is 61.7 Å². The number of aromatic nitrogens is 1. The molecule has 2 aromatic carbocycles. The fourth-order valence-corrected chi connectivity index (χ4v) is 4.81. The highest BCUT2D eigenvalue weighted by Gasteiger charge is 2.45. The largest absolute Gasteiger partial charge is 0.493 e. The van der Waals surface area contributed by atoms with Crippen LogP contribution in [0.5, 0.6) is 5.75 Å². The van der Waals surface area contributed by atoms with E-state index in [4.69, 9.17) is 4.74 Å². The molecule has 39 heavy (non-hydrogen) atoms. The lowest BCUT2D eigenvalue weighted by Gasteiger charge is -2.27. The molecular weight excluding hydrogens is 492 g/mol. The van der Waals surface area contributed by atoms with Gasteiger partial charge in [-0.3, -0.25) is 19.4 Å². The molecule has 1 aliphatic heterocycles. The SMILES string of the molecule is CCN1C(=O)C(C)(C)C(=O)N(C)c2cc(OCCCNC(=O)c3ccccc3CCc3cccnc3)ccc21. The Hall–Kier alpha value is -4.20. The van der Waals surface area contributed by atoms with E-state index in [1.165, 1.54) is 4.90 Å². The molecule has 0 spiro atoms. The predicted octanol–water partition coefficient (Wildman–Crippen LogP) is 4.42. The van der Waals surface area contributed by atoms with Gasteiger partial charge in [0.05, 0.1) is 18.0 Å². The average molecular weight is 529 g/mol. The van der Waals surface area contributed by atoms with Gasteiger partial charge >= 0.3 is 0 Å². The summed E-state index contributed by atoms with van der Waals surface area (Å²) >= 11 is 0. The zero-order valence-corrected chi connectivity index (χ0v) is 23.1. The van der Waals surface area contributed by atoms with Crippen LogP contribution in [0.3, 0.4) is 0 Å². The highest BCUT2D eigenvalue weighted by atomic mass is 16.5. The first kappa shape index (κ1) is 27.8. The molecule has 0 atom stereocenters. The maximum atomic E-state index is 13.0. The van der Waals surface area contributed by atoms with E-state index in [-0.39, 0.29) is 17.7 Å². The Bertz CT molecular complexity index is 1340. The van der Waals surface area contributed by atoms with Crippen LogP contribution in [0.2, 0.25) is 0 Å². The highest BCUT2D eigenvalue weighted by molar-refractivity contribution is 6.20. The number of fused-ring (bicyclic) bond motifs is 1. The summed E-state index contributed by atoms with van der Waals surface area (Å²) in [5.41, 5.74) is 2.98. The third kappa shape index (κ3) is 6.11. The lowest BCUT2D eigenvalue weighted by atomic mass is 9.90.